The van der Waals surface area contributed by atoms with E-state index in [1.807, 2.05) is 37.4 Å². The first-order chi connectivity index (χ1) is 10.7. The largest absolute Gasteiger partial charge is 0.497 e. The fraction of sp³-hybridized carbons (Fsp3) is 0.267. The highest BCUT2D eigenvalue weighted by atomic mass is 16.5. The number of nitrogens with zero attached hydrogens (tertiary/aromatic N) is 3. The van der Waals surface area contributed by atoms with Gasteiger partial charge in [0.15, 0.2) is 5.82 Å². The van der Waals surface area contributed by atoms with E-state index in [9.17, 15) is 4.79 Å². The van der Waals surface area contributed by atoms with Crippen LogP contribution in [0.4, 0.5) is 5.82 Å². The number of aromatic nitrogens is 4. The van der Waals surface area contributed by atoms with Gasteiger partial charge in [-0.3, -0.25) is 14.6 Å². The van der Waals surface area contributed by atoms with Crippen LogP contribution >= 0.6 is 0 Å². The van der Waals surface area contributed by atoms with E-state index >= 15 is 0 Å². The average molecular weight is 299 g/mol. The Morgan fingerprint density at radius 3 is 3.09 bits per heavy atom. The monoisotopic (exact) mass is 299 g/mol. The molecule has 1 atom stereocenters. The summed E-state index contributed by atoms with van der Waals surface area (Å²) >= 11 is 0. The zero-order chi connectivity index (χ0) is 15.5. The van der Waals surface area contributed by atoms with Gasteiger partial charge < -0.3 is 10.1 Å². The highest BCUT2D eigenvalue weighted by Crippen LogP contribution is 2.25. The van der Waals surface area contributed by atoms with Crippen LogP contribution in [-0.2, 0) is 4.79 Å². The van der Waals surface area contributed by atoms with Crippen LogP contribution in [0.25, 0.3) is 10.9 Å². The maximum Gasteiger partial charge on any atom is 0.227 e. The molecule has 114 valence electrons. The standard InChI is InChI=1S/C15H17N5O2/c1-10(20-7-3-6-16-20)8-14(21)17-15-12-9-11(22-2)4-5-13(12)18-19-15/h3-7,9-10H,8H2,1-2H3,(H2,17,18,19,21). The minimum absolute atomic E-state index is 0.0188. The number of fused-ring (bicyclic) bond motifs is 1. The second-order valence-corrected chi connectivity index (χ2v) is 5.07. The van der Waals surface area contributed by atoms with E-state index in [1.54, 1.807) is 18.0 Å². The van der Waals surface area contributed by atoms with Crippen LogP contribution in [0.1, 0.15) is 19.4 Å². The smallest absolute Gasteiger partial charge is 0.227 e. The third-order valence-electron chi connectivity index (χ3n) is 3.49. The molecule has 0 aliphatic heterocycles. The molecule has 0 saturated carbocycles. The molecule has 0 bridgehead atoms. The predicted octanol–water partition coefficient (Wildman–Crippen LogP) is 2.36. The van der Waals surface area contributed by atoms with Gasteiger partial charge in [-0.15, -0.1) is 0 Å². The Hall–Kier alpha value is -2.83. The number of carbonyl (C=O) groups is 1. The topological polar surface area (TPSA) is 84.8 Å². The summed E-state index contributed by atoms with van der Waals surface area (Å²) in [6.45, 7) is 1.94. The molecule has 7 heteroatoms. The first-order valence-electron chi connectivity index (χ1n) is 6.98. The third kappa shape index (κ3) is 2.78. The molecule has 0 fully saturated rings. The van der Waals surface area contributed by atoms with E-state index in [2.05, 4.69) is 20.6 Å². The number of rotatable bonds is 5. The molecule has 1 unspecified atom stereocenters. The fourth-order valence-corrected chi connectivity index (χ4v) is 2.30. The van der Waals surface area contributed by atoms with Gasteiger partial charge in [-0.1, -0.05) is 0 Å². The molecule has 2 heterocycles. The zero-order valence-corrected chi connectivity index (χ0v) is 12.4. The van der Waals surface area contributed by atoms with Crippen molar-refractivity contribution in [3.8, 4) is 5.75 Å². The molecule has 7 nitrogen and oxygen atoms in total. The lowest BCUT2D eigenvalue weighted by Gasteiger charge is -2.11. The van der Waals surface area contributed by atoms with Crippen LogP contribution in [0.3, 0.4) is 0 Å². The van der Waals surface area contributed by atoms with Crippen LogP contribution in [0, 0.1) is 0 Å². The SMILES string of the molecule is COc1ccc2[nH]nc(NC(=O)CC(C)n3cccn3)c2c1. The number of H-pyrrole nitrogens is 1. The fourth-order valence-electron chi connectivity index (χ4n) is 2.30. The highest BCUT2D eigenvalue weighted by Gasteiger charge is 2.14. The maximum absolute atomic E-state index is 12.2. The van der Waals surface area contributed by atoms with Crippen molar-refractivity contribution in [2.75, 3.05) is 12.4 Å². The van der Waals surface area contributed by atoms with Gasteiger partial charge in [0.2, 0.25) is 5.91 Å². The molecule has 0 aliphatic carbocycles. The summed E-state index contributed by atoms with van der Waals surface area (Å²) in [5.41, 5.74) is 0.844. The summed E-state index contributed by atoms with van der Waals surface area (Å²) < 4.78 is 6.95. The van der Waals surface area contributed by atoms with Crippen molar-refractivity contribution < 1.29 is 9.53 Å². The van der Waals surface area contributed by atoms with Gasteiger partial charge in [-0.25, -0.2) is 0 Å². The molecule has 2 aromatic heterocycles. The predicted molar refractivity (Wildman–Crippen MR) is 82.8 cm³/mol. The summed E-state index contributed by atoms with van der Waals surface area (Å²) in [4.78, 5) is 12.2. The van der Waals surface area contributed by atoms with Crippen molar-refractivity contribution in [2.24, 2.45) is 0 Å². The van der Waals surface area contributed by atoms with Gasteiger partial charge >= 0.3 is 0 Å². The Labute approximate surface area is 127 Å². The lowest BCUT2D eigenvalue weighted by Crippen LogP contribution is -2.18. The number of hydrogen-bond acceptors (Lipinski definition) is 4. The molecule has 0 spiro atoms. The van der Waals surface area contributed by atoms with E-state index in [0.717, 1.165) is 10.9 Å². The molecule has 0 radical (unpaired) electrons. The minimum atomic E-state index is -0.112. The van der Waals surface area contributed by atoms with Gasteiger partial charge in [-0.05, 0) is 31.2 Å². The van der Waals surface area contributed by atoms with Crippen LogP contribution < -0.4 is 10.1 Å². The second kappa shape index (κ2) is 5.88. The summed E-state index contributed by atoms with van der Waals surface area (Å²) in [6, 6.07) is 7.36. The molecular formula is C15H17N5O2. The normalized spacial score (nSPS) is 12.3. The Morgan fingerprint density at radius 2 is 2.36 bits per heavy atom. The molecule has 22 heavy (non-hydrogen) atoms. The highest BCUT2D eigenvalue weighted by molar-refractivity contribution is 6.00. The van der Waals surface area contributed by atoms with E-state index in [-0.39, 0.29) is 11.9 Å². The molecule has 0 aliphatic rings. The maximum atomic E-state index is 12.2. The molecule has 1 aromatic carbocycles. The molecule has 2 N–H and O–H groups in total. The van der Waals surface area contributed by atoms with Gasteiger partial charge in [0.1, 0.15) is 5.75 Å². The number of hydrogen-bond donors (Lipinski definition) is 2. The van der Waals surface area contributed by atoms with Gasteiger partial charge in [-0.2, -0.15) is 10.2 Å². The lowest BCUT2D eigenvalue weighted by molar-refractivity contribution is -0.116. The number of methoxy groups -OCH3 is 1. The van der Waals surface area contributed by atoms with E-state index in [1.165, 1.54) is 0 Å². The minimum Gasteiger partial charge on any atom is -0.497 e. The third-order valence-corrected chi connectivity index (χ3v) is 3.49. The number of amides is 1. The number of nitrogens with one attached hydrogen (secondary N) is 2. The van der Waals surface area contributed by atoms with Crippen molar-refractivity contribution in [3.63, 3.8) is 0 Å². The van der Waals surface area contributed by atoms with Crippen molar-refractivity contribution >= 4 is 22.6 Å². The number of benzene rings is 1. The van der Waals surface area contributed by atoms with Gasteiger partial charge in [0.05, 0.1) is 18.7 Å². The number of carbonyl (C=O) groups excluding carboxylic acids is 1. The molecular weight excluding hydrogens is 282 g/mol. The number of anilines is 1. The molecule has 3 aromatic rings. The van der Waals surface area contributed by atoms with Crippen LogP contribution in [0.2, 0.25) is 0 Å². The van der Waals surface area contributed by atoms with Crippen LogP contribution in [-0.4, -0.2) is 33.0 Å². The summed E-state index contributed by atoms with van der Waals surface area (Å²) in [5.74, 6) is 1.11. The number of ether oxygens (including phenoxy) is 1. The van der Waals surface area contributed by atoms with Crippen molar-refractivity contribution in [3.05, 3.63) is 36.7 Å². The molecule has 1 amide bonds. The zero-order valence-electron chi connectivity index (χ0n) is 12.4. The van der Waals surface area contributed by atoms with Crippen molar-refractivity contribution in [2.45, 2.75) is 19.4 Å². The van der Waals surface area contributed by atoms with Gasteiger partial charge in [0, 0.05) is 24.2 Å². The molecule has 0 saturated heterocycles. The van der Waals surface area contributed by atoms with Crippen molar-refractivity contribution in [1.29, 1.82) is 0 Å². The number of aromatic amines is 1. The quantitative estimate of drug-likeness (QED) is 0.757. The summed E-state index contributed by atoms with van der Waals surface area (Å²) in [5, 5.41) is 14.8. The first-order valence-corrected chi connectivity index (χ1v) is 6.98. The van der Waals surface area contributed by atoms with Crippen LogP contribution in [0.15, 0.2) is 36.7 Å². The lowest BCUT2D eigenvalue weighted by atomic mass is 10.2. The summed E-state index contributed by atoms with van der Waals surface area (Å²) in [6.07, 6.45) is 3.86. The van der Waals surface area contributed by atoms with E-state index in [4.69, 9.17) is 4.74 Å². The molecule has 3 rings (SSSR count). The first kappa shape index (κ1) is 14.1. The van der Waals surface area contributed by atoms with E-state index < -0.39 is 0 Å². The Bertz CT molecular complexity index is 778. The van der Waals surface area contributed by atoms with Crippen LogP contribution in [0.5, 0.6) is 5.75 Å². The Kier molecular flexibility index (Phi) is 3.78. The summed E-state index contributed by atoms with van der Waals surface area (Å²) in [7, 11) is 1.60. The van der Waals surface area contributed by atoms with Crippen molar-refractivity contribution in [1.82, 2.24) is 20.0 Å². The van der Waals surface area contributed by atoms with Gasteiger partial charge in [0.25, 0.3) is 0 Å². The van der Waals surface area contributed by atoms with E-state index in [0.29, 0.717) is 18.0 Å². The Balaban J connectivity index is 1.74. The average Bonchev–Trinajstić information content (AvgIpc) is 3.17. The second-order valence-electron chi connectivity index (χ2n) is 5.07. The Morgan fingerprint density at radius 1 is 1.50 bits per heavy atom.